The molecule has 2 aromatic rings. The molecule has 2 amide bonds. The van der Waals surface area contributed by atoms with Gasteiger partial charge in [-0.05, 0) is 67.3 Å². The van der Waals surface area contributed by atoms with Crippen LogP contribution in [0.3, 0.4) is 0 Å². The Balaban J connectivity index is 1.96. The van der Waals surface area contributed by atoms with Crippen LogP contribution in [0.2, 0.25) is 0 Å². The summed E-state index contributed by atoms with van der Waals surface area (Å²) in [4.78, 5) is 25.9. The normalized spacial score (nSPS) is 14.6. The topological polar surface area (TPSA) is 136 Å². The Kier molecular flexibility index (Phi) is 14.2. The summed E-state index contributed by atoms with van der Waals surface area (Å²) < 4.78 is 16.3. The van der Waals surface area contributed by atoms with Gasteiger partial charge in [0.2, 0.25) is 11.8 Å². The smallest absolute Gasteiger partial charge is 0.224 e. The van der Waals surface area contributed by atoms with Crippen LogP contribution in [-0.2, 0) is 20.9 Å². The first-order chi connectivity index (χ1) is 19.0. The first-order valence-electron chi connectivity index (χ1n) is 14.3. The molecule has 1 aromatic heterocycles. The number of amides is 2. The minimum atomic E-state index is -0.879. The van der Waals surface area contributed by atoms with E-state index in [9.17, 15) is 14.7 Å². The highest BCUT2D eigenvalue weighted by Gasteiger charge is 2.30. The van der Waals surface area contributed by atoms with E-state index >= 15 is 0 Å². The molecule has 9 heteroatoms. The zero-order valence-corrected chi connectivity index (χ0v) is 24.9. The molecule has 9 nitrogen and oxygen atoms in total. The Morgan fingerprint density at radius 3 is 2.45 bits per heavy atom. The number of nitrogens with two attached hydrogens (primary N) is 1. The molecule has 0 radical (unpaired) electrons. The molecular formula is C31H49N3O6. The Bertz CT molecular complexity index is 1020. The van der Waals surface area contributed by atoms with Crippen LogP contribution in [0.15, 0.2) is 41.0 Å². The Labute approximate surface area is 239 Å². The quantitative estimate of drug-likeness (QED) is 0.195. The van der Waals surface area contributed by atoms with Crippen molar-refractivity contribution in [3.63, 3.8) is 0 Å². The first kappa shape index (κ1) is 33.3. The van der Waals surface area contributed by atoms with Crippen molar-refractivity contribution in [2.45, 2.75) is 79.0 Å². The largest absolute Gasteiger partial charge is 0.491 e. The van der Waals surface area contributed by atoms with Crippen molar-refractivity contribution >= 4 is 17.5 Å². The number of aliphatic hydroxyl groups excluding tert-OH is 1. The number of anilines is 1. The summed E-state index contributed by atoms with van der Waals surface area (Å²) in [6.45, 7) is 11.4. The molecule has 0 aliphatic carbocycles. The molecule has 0 unspecified atom stereocenters. The van der Waals surface area contributed by atoms with Gasteiger partial charge < -0.3 is 35.4 Å². The van der Waals surface area contributed by atoms with E-state index in [1.807, 2.05) is 52.8 Å². The van der Waals surface area contributed by atoms with Gasteiger partial charge in [0.25, 0.3) is 0 Å². The van der Waals surface area contributed by atoms with Crippen molar-refractivity contribution < 1.29 is 28.6 Å². The van der Waals surface area contributed by atoms with Crippen LogP contribution in [0.25, 0.3) is 0 Å². The number of furan rings is 1. The van der Waals surface area contributed by atoms with Crippen LogP contribution >= 0.6 is 0 Å². The summed E-state index contributed by atoms with van der Waals surface area (Å²) in [5.41, 5.74) is 8.11. The fraction of sp³-hybridized carbons (Fsp3) is 0.613. The third-order valence-electron chi connectivity index (χ3n) is 7.27. The first-order valence-corrected chi connectivity index (χ1v) is 14.3. The number of benzene rings is 1. The standard InChI is InChI=1S/C31H49N3O6/c1-20(2)23(17-30(36)34-27-11-10-22(5)15-29(27)40-14-8-12-38-6)16-26(32)28(35)18-25(21(3)4)31(37)33-19-24-9-7-13-39-24/h7,9-11,13,15,20-21,23,25-26,28,35H,8,12,14,16-19,32H2,1-6H3,(H,33,37)(H,34,36)/t23-,25+,26+,28+/m1/s1. The average Bonchev–Trinajstić information content (AvgIpc) is 3.42. The van der Waals surface area contributed by atoms with Gasteiger partial charge in [-0.3, -0.25) is 9.59 Å². The van der Waals surface area contributed by atoms with Gasteiger partial charge in [0.05, 0.1) is 31.2 Å². The summed E-state index contributed by atoms with van der Waals surface area (Å²) in [7, 11) is 1.65. The molecule has 0 spiro atoms. The fourth-order valence-electron chi connectivity index (χ4n) is 4.61. The van der Waals surface area contributed by atoms with Crippen LogP contribution in [0.5, 0.6) is 5.75 Å². The SMILES string of the molecule is COCCCOc1cc(C)ccc1NC(=O)C[C@@H](C[C@H](N)[C@@H](O)C[C@H](C(=O)NCc1ccco1)C(C)C)C(C)C. The van der Waals surface area contributed by atoms with Gasteiger partial charge in [0, 0.05) is 38.5 Å². The second-order valence-electron chi connectivity index (χ2n) is 11.3. The third kappa shape index (κ3) is 11.3. The number of aryl methyl sites for hydroxylation is 1. The maximum absolute atomic E-state index is 13.1. The van der Waals surface area contributed by atoms with Gasteiger partial charge in [0.1, 0.15) is 11.5 Å². The molecule has 0 fully saturated rings. The molecule has 0 saturated heterocycles. The van der Waals surface area contributed by atoms with E-state index in [4.69, 9.17) is 19.6 Å². The number of carbonyl (C=O) groups is 2. The van der Waals surface area contributed by atoms with Crippen LogP contribution in [0, 0.1) is 30.6 Å². The summed E-state index contributed by atoms with van der Waals surface area (Å²) >= 11 is 0. The summed E-state index contributed by atoms with van der Waals surface area (Å²) in [5.74, 6) is 0.755. The predicted octanol–water partition coefficient (Wildman–Crippen LogP) is 4.66. The van der Waals surface area contributed by atoms with Crippen molar-refractivity contribution in [3.05, 3.63) is 47.9 Å². The number of nitrogens with one attached hydrogen (secondary N) is 2. The molecule has 2 rings (SSSR count). The van der Waals surface area contributed by atoms with Crippen LogP contribution in [0.1, 0.15) is 64.7 Å². The maximum atomic E-state index is 13.1. The number of hydrogen-bond acceptors (Lipinski definition) is 7. The Morgan fingerprint density at radius 1 is 1.07 bits per heavy atom. The molecular weight excluding hydrogens is 510 g/mol. The van der Waals surface area contributed by atoms with Crippen LogP contribution in [-0.4, -0.2) is 49.4 Å². The monoisotopic (exact) mass is 559 g/mol. The highest BCUT2D eigenvalue weighted by Crippen LogP contribution is 2.29. The van der Waals surface area contributed by atoms with Crippen molar-refractivity contribution in [3.8, 4) is 5.75 Å². The van der Waals surface area contributed by atoms with E-state index in [1.165, 1.54) is 0 Å². The average molecular weight is 560 g/mol. The van der Waals surface area contributed by atoms with Crippen molar-refractivity contribution in [2.75, 3.05) is 25.6 Å². The lowest BCUT2D eigenvalue weighted by Gasteiger charge is -2.29. The molecule has 1 heterocycles. The number of aliphatic hydroxyl groups is 1. The van der Waals surface area contributed by atoms with Gasteiger partial charge in [-0.15, -0.1) is 0 Å². The maximum Gasteiger partial charge on any atom is 0.224 e. The number of ether oxygens (including phenoxy) is 2. The number of carbonyl (C=O) groups excluding carboxylic acids is 2. The summed E-state index contributed by atoms with van der Waals surface area (Å²) in [6, 6.07) is 8.69. The lowest BCUT2D eigenvalue weighted by molar-refractivity contribution is -0.128. The summed E-state index contributed by atoms with van der Waals surface area (Å²) in [5, 5.41) is 16.9. The van der Waals surface area contributed by atoms with E-state index in [0.29, 0.717) is 43.4 Å². The minimum absolute atomic E-state index is 0.0190. The molecule has 0 bridgehead atoms. The van der Waals surface area contributed by atoms with Crippen molar-refractivity contribution in [1.82, 2.24) is 5.32 Å². The third-order valence-corrected chi connectivity index (χ3v) is 7.27. The molecule has 224 valence electrons. The van der Waals surface area contributed by atoms with Gasteiger partial charge in [-0.25, -0.2) is 0 Å². The number of hydrogen-bond donors (Lipinski definition) is 4. The predicted molar refractivity (Wildman–Crippen MR) is 157 cm³/mol. The van der Waals surface area contributed by atoms with E-state index in [-0.39, 0.29) is 42.4 Å². The molecule has 0 saturated carbocycles. The highest BCUT2D eigenvalue weighted by molar-refractivity contribution is 5.92. The zero-order chi connectivity index (χ0) is 29.7. The molecule has 0 aliphatic heterocycles. The van der Waals surface area contributed by atoms with Crippen molar-refractivity contribution in [1.29, 1.82) is 0 Å². The highest BCUT2D eigenvalue weighted by atomic mass is 16.5. The molecule has 0 aliphatic rings. The van der Waals surface area contributed by atoms with Crippen LogP contribution < -0.4 is 21.1 Å². The second-order valence-corrected chi connectivity index (χ2v) is 11.3. The number of rotatable bonds is 18. The van der Waals surface area contributed by atoms with Crippen LogP contribution in [0.4, 0.5) is 5.69 Å². The Hall–Kier alpha value is -2.88. The minimum Gasteiger partial charge on any atom is -0.491 e. The van der Waals surface area contributed by atoms with Gasteiger partial charge in [-0.2, -0.15) is 0 Å². The molecule has 40 heavy (non-hydrogen) atoms. The van der Waals surface area contributed by atoms with E-state index in [0.717, 1.165) is 12.0 Å². The molecule has 4 atom stereocenters. The van der Waals surface area contributed by atoms with Gasteiger partial charge in [0.15, 0.2) is 0 Å². The zero-order valence-electron chi connectivity index (χ0n) is 24.9. The second kappa shape index (κ2) is 17.0. The molecule has 1 aromatic carbocycles. The lowest BCUT2D eigenvalue weighted by atomic mass is 9.82. The fourth-order valence-corrected chi connectivity index (χ4v) is 4.61. The van der Waals surface area contributed by atoms with Gasteiger partial charge >= 0.3 is 0 Å². The van der Waals surface area contributed by atoms with Gasteiger partial charge in [-0.1, -0.05) is 33.8 Å². The number of methoxy groups -OCH3 is 1. The van der Waals surface area contributed by atoms with Crippen molar-refractivity contribution in [2.24, 2.45) is 29.4 Å². The summed E-state index contributed by atoms with van der Waals surface area (Å²) in [6.07, 6.45) is 2.39. The Morgan fingerprint density at radius 2 is 1.82 bits per heavy atom. The van der Waals surface area contributed by atoms with E-state index < -0.39 is 18.1 Å². The van der Waals surface area contributed by atoms with E-state index in [2.05, 4.69) is 10.6 Å². The van der Waals surface area contributed by atoms with E-state index in [1.54, 1.807) is 25.5 Å². The molecule has 5 N–H and O–H groups in total. The lowest BCUT2D eigenvalue weighted by Crippen LogP contribution is -2.42.